The number of benzene rings is 3. The number of fused-ring (bicyclic) bond motifs is 1. The van der Waals surface area contributed by atoms with Gasteiger partial charge in [-0.3, -0.25) is 9.69 Å². The second-order valence-electron chi connectivity index (χ2n) is 8.48. The molecule has 6 nitrogen and oxygen atoms in total. The molecule has 0 unspecified atom stereocenters. The van der Waals surface area contributed by atoms with Gasteiger partial charge in [-0.15, -0.1) is 0 Å². The number of carbonyl (C=O) groups excluding carboxylic acids is 1. The molecular formula is C27H24ClFN2O4. The highest BCUT2D eigenvalue weighted by Crippen LogP contribution is 2.40. The molecule has 35 heavy (non-hydrogen) atoms. The van der Waals surface area contributed by atoms with E-state index in [1.807, 2.05) is 24.3 Å². The zero-order valence-electron chi connectivity index (χ0n) is 19.1. The Morgan fingerprint density at radius 3 is 2.51 bits per heavy atom. The fourth-order valence-electron chi connectivity index (χ4n) is 4.41. The van der Waals surface area contributed by atoms with Crippen molar-refractivity contribution in [2.45, 2.75) is 6.54 Å². The number of aromatic hydroxyl groups is 1. The van der Waals surface area contributed by atoms with Crippen molar-refractivity contribution < 1.29 is 23.8 Å². The topological polar surface area (TPSA) is 62.2 Å². The number of hydrogen-bond donors (Lipinski definition) is 1. The zero-order chi connectivity index (χ0) is 24.5. The summed E-state index contributed by atoms with van der Waals surface area (Å²) in [7, 11) is 1.65. The number of hydrogen-bond acceptors (Lipinski definition) is 6. The number of methoxy groups -OCH3 is 1. The molecule has 1 fully saturated rings. The van der Waals surface area contributed by atoms with Gasteiger partial charge in [0.2, 0.25) is 5.78 Å². The lowest BCUT2D eigenvalue weighted by Gasteiger charge is -2.36. The third-order valence-corrected chi connectivity index (χ3v) is 6.71. The van der Waals surface area contributed by atoms with Crippen molar-refractivity contribution in [1.29, 1.82) is 0 Å². The summed E-state index contributed by atoms with van der Waals surface area (Å²) in [5.74, 6) is 0.245. The number of ketones is 1. The number of nitrogens with zero attached hydrogens (tertiary/aromatic N) is 2. The largest absolute Gasteiger partial charge is 0.507 e. The maximum Gasteiger partial charge on any atom is 0.231 e. The van der Waals surface area contributed by atoms with Crippen LogP contribution in [0.15, 0.2) is 60.4 Å². The van der Waals surface area contributed by atoms with Crippen LogP contribution in [0.2, 0.25) is 5.02 Å². The van der Waals surface area contributed by atoms with Crippen LogP contribution < -0.4 is 14.4 Å². The van der Waals surface area contributed by atoms with Crippen LogP contribution in [0, 0.1) is 5.82 Å². The maximum absolute atomic E-state index is 14.3. The van der Waals surface area contributed by atoms with E-state index in [0.717, 1.165) is 37.6 Å². The average molecular weight is 495 g/mol. The Bertz CT molecular complexity index is 1280. The summed E-state index contributed by atoms with van der Waals surface area (Å²) in [6.45, 7) is 3.61. The first-order chi connectivity index (χ1) is 16.9. The van der Waals surface area contributed by atoms with Crippen molar-refractivity contribution in [3.63, 3.8) is 0 Å². The first kappa shape index (κ1) is 23.2. The molecule has 3 aromatic carbocycles. The van der Waals surface area contributed by atoms with E-state index in [2.05, 4.69) is 9.80 Å². The maximum atomic E-state index is 14.3. The summed E-state index contributed by atoms with van der Waals surface area (Å²) in [6, 6.07) is 15.3. The molecule has 3 aromatic rings. The van der Waals surface area contributed by atoms with Gasteiger partial charge in [-0.25, -0.2) is 4.39 Å². The Kier molecular flexibility index (Phi) is 6.36. The minimum atomic E-state index is -0.546. The van der Waals surface area contributed by atoms with Crippen molar-refractivity contribution in [3.05, 3.63) is 87.9 Å². The smallest absolute Gasteiger partial charge is 0.231 e. The molecule has 8 heteroatoms. The van der Waals surface area contributed by atoms with Gasteiger partial charge in [0, 0.05) is 44.0 Å². The number of piperazine rings is 1. The number of phenols is 1. The summed E-state index contributed by atoms with van der Waals surface area (Å²) in [5.41, 5.74) is 2.10. The molecule has 2 heterocycles. The summed E-state index contributed by atoms with van der Waals surface area (Å²) >= 11 is 6.12. The van der Waals surface area contributed by atoms with Crippen LogP contribution in [-0.4, -0.2) is 49.1 Å². The molecule has 0 atom stereocenters. The van der Waals surface area contributed by atoms with Gasteiger partial charge in [-0.1, -0.05) is 17.7 Å². The third-order valence-electron chi connectivity index (χ3n) is 6.38. The molecule has 0 spiro atoms. The van der Waals surface area contributed by atoms with E-state index < -0.39 is 5.82 Å². The highest BCUT2D eigenvalue weighted by molar-refractivity contribution is 6.32. The minimum Gasteiger partial charge on any atom is -0.507 e. The van der Waals surface area contributed by atoms with Gasteiger partial charge in [0.15, 0.2) is 5.76 Å². The lowest BCUT2D eigenvalue weighted by molar-refractivity contribution is 0.101. The van der Waals surface area contributed by atoms with Gasteiger partial charge in [0.1, 0.15) is 23.1 Å². The molecular weight excluding hydrogens is 471 g/mol. The first-order valence-electron chi connectivity index (χ1n) is 11.3. The van der Waals surface area contributed by atoms with Gasteiger partial charge < -0.3 is 19.5 Å². The van der Waals surface area contributed by atoms with E-state index in [-0.39, 0.29) is 27.9 Å². The molecule has 1 saturated heterocycles. The molecule has 0 radical (unpaired) electrons. The Hall–Kier alpha value is -3.55. The van der Waals surface area contributed by atoms with Crippen molar-refractivity contribution >= 4 is 29.1 Å². The van der Waals surface area contributed by atoms with Crippen molar-refractivity contribution in [3.8, 4) is 17.2 Å². The molecule has 0 aliphatic carbocycles. The van der Waals surface area contributed by atoms with Gasteiger partial charge >= 0.3 is 0 Å². The number of ether oxygens (including phenoxy) is 2. The molecule has 0 bridgehead atoms. The molecule has 2 aliphatic heterocycles. The van der Waals surface area contributed by atoms with E-state index >= 15 is 0 Å². The minimum absolute atomic E-state index is 0.0248. The molecule has 0 aromatic heterocycles. The second-order valence-corrected chi connectivity index (χ2v) is 8.88. The Balaban J connectivity index is 1.33. The summed E-state index contributed by atoms with van der Waals surface area (Å²) in [5, 5.41) is 10.8. The number of allylic oxidation sites excluding steroid dienone is 1. The van der Waals surface area contributed by atoms with Crippen LogP contribution in [-0.2, 0) is 6.54 Å². The predicted molar refractivity (Wildman–Crippen MR) is 133 cm³/mol. The van der Waals surface area contributed by atoms with Crippen LogP contribution in [0.25, 0.3) is 6.08 Å². The Labute approximate surface area is 207 Å². The van der Waals surface area contributed by atoms with E-state index in [1.54, 1.807) is 13.2 Å². The quantitative estimate of drug-likeness (QED) is 0.496. The first-order valence-corrected chi connectivity index (χ1v) is 11.7. The highest BCUT2D eigenvalue weighted by Gasteiger charge is 2.32. The Morgan fingerprint density at radius 1 is 1.09 bits per heavy atom. The predicted octanol–water partition coefficient (Wildman–Crippen LogP) is 5.13. The molecule has 2 aliphatic rings. The summed E-state index contributed by atoms with van der Waals surface area (Å²) < 4.78 is 25.4. The molecule has 0 saturated carbocycles. The van der Waals surface area contributed by atoms with Crippen molar-refractivity contribution in [2.75, 3.05) is 38.2 Å². The van der Waals surface area contributed by atoms with Crippen LogP contribution in [0.3, 0.4) is 0 Å². The summed E-state index contributed by atoms with van der Waals surface area (Å²) in [6.07, 6.45) is 1.31. The van der Waals surface area contributed by atoms with Gasteiger partial charge in [-0.2, -0.15) is 0 Å². The number of rotatable bonds is 5. The lowest BCUT2D eigenvalue weighted by Crippen LogP contribution is -2.46. The number of carbonyl (C=O) groups is 1. The monoisotopic (exact) mass is 494 g/mol. The van der Waals surface area contributed by atoms with Crippen LogP contribution >= 0.6 is 11.6 Å². The van der Waals surface area contributed by atoms with Crippen molar-refractivity contribution in [1.82, 2.24) is 4.90 Å². The van der Waals surface area contributed by atoms with E-state index in [0.29, 0.717) is 23.4 Å². The van der Waals surface area contributed by atoms with Crippen LogP contribution in [0.5, 0.6) is 17.2 Å². The fraction of sp³-hybridized carbons (Fsp3) is 0.222. The van der Waals surface area contributed by atoms with E-state index in [4.69, 9.17) is 21.1 Å². The fourth-order valence-corrected chi connectivity index (χ4v) is 4.63. The molecule has 0 amide bonds. The molecule has 5 rings (SSSR count). The highest BCUT2D eigenvalue weighted by atomic mass is 35.5. The third kappa shape index (κ3) is 4.57. The number of Topliss-reactive ketones (excluding diaryl/α,β-unsaturated/α-hetero) is 1. The number of halogens is 2. The van der Waals surface area contributed by atoms with Gasteiger partial charge in [0.05, 0.1) is 23.3 Å². The molecule has 180 valence electrons. The number of phenolic OH excluding ortho intramolecular Hbond substituents is 1. The van der Waals surface area contributed by atoms with Gasteiger partial charge in [0.25, 0.3) is 0 Å². The summed E-state index contributed by atoms with van der Waals surface area (Å²) in [4.78, 5) is 17.5. The normalized spacial score (nSPS) is 16.9. The second kappa shape index (κ2) is 9.60. The van der Waals surface area contributed by atoms with Gasteiger partial charge in [-0.05, 0) is 54.6 Å². The zero-order valence-corrected chi connectivity index (χ0v) is 19.9. The SMILES string of the molecule is COc1ccc(N2CCN(Cc3c(O)ccc4c3O/C(=C\c3c(F)cccc3Cl)C4=O)CC2)cc1. The van der Waals surface area contributed by atoms with Crippen molar-refractivity contribution in [2.24, 2.45) is 0 Å². The van der Waals surface area contributed by atoms with Crippen LogP contribution in [0.4, 0.5) is 10.1 Å². The van der Waals surface area contributed by atoms with E-state index in [1.165, 1.54) is 30.3 Å². The van der Waals surface area contributed by atoms with E-state index in [9.17, 15) is 14.3 Å². The standard InChI is InChI=1S/C27H24ClFN2O4/c1-34-18-7-5-17(6-8-18)31-13-11-30(12-14-31)16-21-24(32)10-9-19-26(33)25(35-27(19)21)15-20-22(28)3-2-4-23(20)29/h2-10,15,32H,11-14,16H2,1H3/b25-15-. The average Bonchev–Trinajstić information content (AvgIpc) is 3.19. The number of anilines is 1. The Morgan fingerprint density at radius 2 is 1.83 bits per heavy atom. The molecule has 1 N–H and O–H groups in total. The lowest BCUT2D eigenvalue weighted by atomic mass is 10.0. The van der Waals surface area contributed by atoms with Crippen LogP contribution in [0.1, 0.15) is 21.5 Å².